The Hall–Kier alpha value is -0.830. The van der Waals surface area contributed by atoms with Crippen molar-refractivity contribution in [2.24, 2.45) is 5.92 Å². The monoisotopic (exact) mass is 297 g/mol. The highest BCUT2D eigenvalue weighted by Gasteiger charge is 2.14. The molecule has 0 saturated carbocycles. The number of alkyl halides is 1. The number of aryl methyl sites for hydroxylation is 1. The molecule has 1 unspecified atom stereocenters. The number of hydrogen-bond acceptors (Lipinski definition) is 1. The first-order valence-electron chi connectivity index (χ1n) is 5.93. The number of nitrogens with one attached hydrogen (secondary N) is 1. The third-order valence-corrected chi connectivity index (χ3v) is 3.50. The quantitative estimate of drug-likeness (QED) is 0.832. The fourth-order valence-electron chi connectivity index (χ4n) is 1.53. The van der Waals surface area contributed by atoms with Gasteiger partial charge in [0, 0.05) is 11.4 Å². The smallest absolute Gasteiger partial charge is 0.224 e. The molecule has 0 fully saturated rings. The summed E-state index contributed by atoms with van der Waals surface area (Å²) in [6, 6.07) is 8.29. The molecule has 1 atom stereocenters. The Balaban J connectivity index is 2.52. The molecule has 17 heavy (non-hydrogen) atoms. The van der Waals surface area contributed by atoms with Crippen molar-refractivity contribution in [1.82, 2.24) is 5.32 Å². The van der Waals surface area contributed by atoms with Gasteiger partial charge in [-0.1, -0.05) is 59.6 Å². The summed E-state index contributed by atoms with van der Waals surface area (Å²) in [5.41, 5.74) is 2.28. The molecule has 0 bridgehead atoms. The number of amides is 1. The van der Waals surface area contributed by atoms with E-state index in [1.54, 1.807) is 0 Å². The van der Waals surface area contributed by atoms with Crippen molar-refractivity contribution in [1.29, 1.82) is 0 Å². The number of rotatable bonds is 5. The van der Waals surface area contributed by atoms with Gasteiger partial charge in [-0.2, -0.15) is 0 Å². The van der Waals surface area contributed by atoms with Crippen LogP contribution in [0, 0.1) is 12.8 Å². The van der Waals surface area contributed by atoms with Crippen LogP contribution in [0.15, 0.2) is 24.3 Å². The fraction of sp³-hybridized carbons (Fsp3) is 0.500. The molecule has 1 amide bonds. The maximum absolute atomic E-state index is 11.8. The van der Waals surface area contributed by atoms with Gasteiger partial charge in [-0.25, -0.2) is 0 Å². The number of benzene rings is 1. The van der Waals surface area contributed by atoms with Gasteiger partial charge in [0.05, 0.1) is 6.42 Å². The molecule has 0 aromatic heterocycles. The zero-order valence-electron chi connectivity index (χ0n) is 10.7. The molecule has 0 aliphatic carbocycles. The number of halogens is 1. The Morgan fingerprint density at radius 1 is 1.29 bits per heavy atom. The Morgan fingerprint density at radius 3 is 2.35 bits per heavy atom. The van der Waals surface area contributed by atoms with E-state index < -0.39 is 0 Å². The maximum atomic E-state index is 11.8. The third kappa shape index (κ3) is 4.90. The van der Waals surface area contributed by atoms with E-state index >= 15 is 0 Å². The highest BCUT2D eigenvalue weighted by atomic mass is 79.9. The van der Waals surface area contributed by atoms with Crippen LogP contribution in [0.4, 0.5) is 0 Å². The van der Waals surface area contributed by atoms with Gasteiger partial charge in [0.1, 0.15) is 0 Å². The van der Waals surface area contributed by atoms with Crippen LogP contribution < -0.4 is 5.32 Å². The van der Waals surface area contributed by atoms with Gasteiger partial charge in [-0.3, -0.25) is 4.79 Å². The maximum Gasteiger partial charge on any atom is 0.224 e. The first-order chi connectivity index (χ1) is 8.02. The molecule has 3 heteroatoms. The summed E-state index contributed by atoms with van der Waals surface area (Å²) in [6.07, 6.45) is 0.455. The van der Waals surface area contributed by atoms with E-state index in [0.29, 0.717) is 12.3 Å². The molecule has 1 N–H and O–H groups in total. The summed E-state index contributed by atoms with van der Waals surface area (Å²) in [7, 11) is 0. The van der Waals surface area contributed by atoms with E-state index in [0.717, 1.165) is 10.9 Å². The molecule has 0 radical (unpaired) electrons. The second-order valence-corrected chi connectivity index (χ2v) is 5.38. The Kier molecular flexibility index (Phi) is 5.69. The largest absolute Gasteiger partial charge is 0.352 e. The second kappa shape index (κ2) is 6.80. The Bertz CT molecular complexity index is 359. The number of carbonyl (C=O) groups excluding carboxylic acids is 1. The fourth-order valence-corrected chi connectivity index (χ4v) is 2.44. The van der Waals surface area contributed by atoms with E-state index in [2.05, 4.69) is 35.1 Å². The molecular weight excluding hydrogens is 278 g/mol. The molecule has 2 nitrogen and oxygen atoms in total. The first kappa shape index (κ1) is 14.2. The molecule has 0 aliphatic heterocycles. The summed E-state index contributed by atoms with van der Waals surface area (Å²) < 4.78 is 0. The highest BCUT2D eigenvalue weighted by molar-refractivity contribution is 9.09. The van der Waals surface area contributed by atoms with Crippen LogP contribution in [0.1, 0.15) is 25.0 Å². The van der Waals surface area contributed by atoms with Crippen molar-refractivity contribution in [3.05, 3.63) is 35.4 Å². The summed E-state index contributed by atoms with van der Waals surface area (Å²) >= 11 is 3.43. The average Bonchev–Trinajstić information content (AvgIpc) is 2.28. The lowest BCUT2D eigenvalue weighted by atomic mass is 10.1. The highest BCUT2D eigenvalue weighted by Crippen LogP contribution is 2.07. The molecule has 94 valence electrons. The van der Waals surface area contributed by atoms with Crippen molar-refractivity contribution in [3.8, 4) is 0 Å². The van der Waals surface area contributed by atoms with Gasteiger partial charge in [-0.15, -0.1) is 0 Å². The van der Waals surface area contributed by atoms with E-state index in [4.69, 9.17) is 0 Å². The Labute approximate surface area is 112 Å². The van der Waals surface area contributed by atoms with Crippen molar-refractivity contribution in [2.45, 2.75) is 33.2 Å². The van der Waals surface area contributed by atoms with E-state index in [1.165, 1.54) is 5.56 Å². The van der Waals surface area contributed by atoms with E-state index in [9.17, 15) is 4.79 Å². The van der Waals surface area contributed by atoms with Gasteiger partial charge < -0.3 is 5.32 Å². The van der Waals surface area contributed by atoms with Crippen LogP contribution in [0.3, 0.4) is 0 Å². The van der Waals surface area contributed by atoms with E-state index in [-0.39, 0.29) is 11.9 Å². The SMILES string of the molecule is Cc1ccc(CC(=O)NC(CBr)C(C)C)cc1. The van der Waals surface area contributed by atoms with Crippen LogP contribution in [0.5, 0.6) is 0 Å². The minimum absolute atomic E-state index is 0.0898. The predicted molar refractivity (Wildman–Crippen MR) is 75.4 cm³/mol. The molecular formula is C14H20BrNO. The topological polar surface area (TPSA) is 29.1 Å². The van der Waals surface area contributed by atoms with Crippen LogP contribution in [0.25, 0.3) is 0 Å². The number of hydrogen-bond donors (Lipinski definition) is 1. The van der Waals surface area contributed by atoms with Crippen molar-refractivity contribution >= 4 is 21.8 Å². The van der Waals surface area contributed by atoms with Gasteiger partial charge >= 0.3 is 0 Å². The van der Waals surface area contributed by atoms with E-state index in [1.807, 2.05) is 31.2 Å². The van der Waals surface area contributed by atoms with Gasteiger partial charge in [0.15, 0.2) is 0 Å². The minimum Gasteiger partial charge on any atom is -0.352 e. The zero-order chi connectivity index (χ0) is 12.8. The Morgan fingerprint density at radius 2 is 1.88 bits per heavy atom. The zero-order valence-corrected chi connectivity index (χ0v) is 12.3. The minimum atomic E-state index is 0.0898. The second-order valence-electron chi connectivity index (χ2n) is 4.73. The molecule has 1 rings (SSSR count). The summed E-state index contributed by atoms with van der Waals surface area (Å²) in [5, 5.41) is 3.84. The normalized spacial score (nSPS) is 12.5. The van der Waals surface area contributed by atoms with Crippen molar-refractivity contribution in [2.75, 3.05) is 5.33 Å². The lowest BCUT2D eigenvalue weighted by Crippen LogP contribution is -2.40. The average molecular weight is 298 g/mol. The van der Waals surface area contributed by atoms with Crippen molar-refractivity contribution in [3.63, 3.8) is 0 Å². The third-order valence-electron chi connectivity index (χ3n) is 2.80. The van der Waals surface area contributed by atoms with Crippen LogP contribution in [-0.2, 0) is 11.2 Å². The van der Waals surface area contributed by atoms with Crippen molar-refractivity contribution < 1.29 is 4.79 Å². The van der Waals surface area contributed by atoms with Crippen LogP contribution in [0.2, 0.25) is 0 Å². The van der Waals surface area contributed by atoms with Crippen LogP contribution >= 0.6 is 15.9 Å². The lowest BCUT2D eigenvalue weighted by molar-refractivity contribution is -0.121. The molecule has 1 aromatic rings. The summed E-state index contributed by atoms with van der Waals surface area (Å²) in [6.45, 7) is 6.26. The molecule has 0 heterocycles. The lowest BCUT2D eigenvalue weighted by Gasteiger charge is -2.19. The first-order valence-corrected chi connectivity index (χ1v) is 7.06. The molecule has 0 aliphatic rings. The number of carbonyl (C=O) groups is 1. The summed E-state index contributed by atoms with van der Waals surface area (Å²) in [5.74, 6) is 0.531. The van der Waals surface area contributed by atoms with Crippen LogP contribution in [-0.4, -0.2) is 17.3 Å². The van der Waals surface area contributed by atoms with Gasteiger partial charge in [0.25, 0.3) is 0 Å². The van der Waals surface area contributed by atoms with Gasteiger partial charge in [-0.05, 0) is 18.4 Å². The summed E-state index contributed by atoms with van der Waals surface area (Å²) in [4.78, 5) is 11.8. The molecule has 0 saturated heterocycles. The van der Waals surface area contributed by atoms with Gasteiger partial charge in [0.2, 0.25) is 5.91 Å². The predicted octanol–water partition coefficient (Wildman–Crippen LogP) is 3.07. The molecule has 1 aromatic carbocycles. The standard InChI is InChI=1S/C14H20BrNO/c1-10(2)13(9-15)16-14(17)8-12-6-4-11(3)5-7-12/h4-7,10,13H,8-9H2,1-3H3,(H,16,17). The molecule has 0 spiro atoms.